The summed E-state index contributed by atoms with van der Waals surface area (Å²) in [4.78, 5) is 21.7. The van der Waals surface area contributed by atoms with E-state index >= 15 is 0 Å². The zero-order valence-corrected chi connectivity index (χ0v) is 17.6. The Morgan fingerprint density at radius 1 is 0.900 bits per heavy atom. The first-order chi connectivity index (χ1) is 14.1. The first-order valence-corrected chi connectivity index (χ1v) is 9.91. The standard InChI is InChI=1S/C18H15Cl3F3N5O/c19-15(16(20)21)17(30)27-12-2-4-14(26-10-12)29-7-5-28(6-8-29)13-3-1-11(9-25-13)18(22,23)24/h1-4,9-10H,5-8H2,(H,27,30)/p+2. The van der Waals surface area contributed by atoms with Crippen LogP contribution in [0.25, 0.3) is 0 Å². The molecule has 0 saturated carbocycles. The Hall–Kier alpha value is -2.23. The SMILES string of the molecule is O=C(Nc1ccc(N2CCN(c3ccc(C(F)(F)F)c[nH+]3)CC2)[nH+]c1)C(Cl)=C(Cl)Cl. The molecule has 1 amide bonds. The van der Waals surface area contributed by atoms with E-state index in [-0.39, 0.29) is 9.52 Å². The van der Waals surface area contributed by atoms with Crippen LogP contribution in [-0.4, -0.2) is 32.1 Å². The quantitative estimate of drug-likeness (QED) is 0.679. The number of nitrogens with zero attached hydrogens (tertiary/aromatic N) is 2. The molecule has 1 fully saturated rings. The maximum absolute atomic E-state index is 12.7. The van der Waals surface area contributed by atoms with E-state index in [1.807, 2.05) is 4.90 Å². The molecule has 0 atom stereocenters. The van der Waals surface area contributed by atoms with Gasteiger partial charge in [0.2, 0.25) is 0 Å². The van der Waals surface area contributed by atoms with Gasteiger partial charge in [-0.15, -0.1) is 0 Å². The highest BCUT2D eigenvalue weighted by Crippen LogP contribution is 2.28. The number of nitrogens with one attached hydrogen (secondary N) is 3. The van der Waals surface area contributed by atoms with E-state index in [1.54, 1.807) is 18.3 Å². The Labute approximate surface area is 185 Å². The fraction of sp³-hybridized carbons (Fsp3) is 0.278. The van der Waals surface area contributed by atoms with E-state index in [2.05, 4.69) is 20.2 Å². The molecule has 2 aromatic rings. The molecule has 6 nitrogen and oxygen atoms in total. The minimum Gasteiger partial charge on any atom is -0.318 e. The summed E-state index contributed by atoms with van der Waals surface area (Å²) in [5, 5.41) is 2.25. The predicted molar refractivity (Wildman–Crippen MR) is 109 cm³/mol. The van der Waals surface area contributed by atoms with Crippen molar-refractivity contribution in [2.75, 3.05) is 41.3 Å². The van der Waals surface area contributed by atoms with Crippen molar-refractivity contribution in [2.45, 2.75) is 6.18 Å². The fourth-order valence-electron chi connectivity index (χ4n) is 2.94. The van der Waals surface area contributed by atoms with Crippen molar-refractivity contribution in [3.05, 3.63) is 51.7 Å². The number of aromatic nitrogens is 2. The van der Waals surface area contributed by atoms with Crippen LogP contribution in [0.1, 0.15) is 5.56 Å². The fourth-order valence-corrected chi connectivity index (χ4v) is 3.16. The van der Waals surface area contributed by atoms with Gasteiger partial charge < -0.3 is 5.32 Å². The molecule has 1 aliphatic rings. The molecular formula is C18H17Cl3F3N5O+2. The molecule has 0 aliphatic carbocycles. The summed E-state index contributed by atoms with van der Waals surface area (Å²) < 4.78 is 37.7. The molecule has 1 saturated heterocycles. The number of pyridine rings is 2. The minimum atomic E-state index is -4.37. The van der Waals surface area contributed by atoms with E-state index in [9.17, 15) is 18.0 Å². The van der Waals surface area contributed by atoms with Gasteiger partial charge in [0.05, 0.1) is 11.3 Å². The molecule has 0 aromatic carbocycles. The smallest absolute Gasteiger partial charge is 0.318 e. The zero-order chi connectivity index (χ0) is 21.9. The Balaban J connectivity index is 1.57. The zero-order valence-electron chi connectivity index (χ0n) is 15.4. The van der Waals surface area contributed by atoms with E-state index in [1.165, 1.54) is 6.07 Å². The molecule has 0 spiro atoms. The maximum atomic E-state index is 12.7. The lowest BCUT2D eigenvalue weighted by Crippen LogP contribution is -2.49. The summed E-state index contributed by atoms with van der Waals surface area (Å²) in [5.41, 5.74) is -0.230. The molecule has 0 unspecified atom stereocenters. The van der Waals surface area contributed by atoms with Gasteiger partial charge in [-0.25, -0.2) is 9.97 Å². The Morgan fingerprint density at radius 3 is 1.83 bits per heavy atom. The summed E-state index contributed by atoms with van der Waals surface area (Å²) >= 11 is 16.6. The van der Waals surface area contributed by atoms with Gasteiger partial charge in [0.1, 0.15) is 48.1 Å². The molecule has 160 valence electrons. The van der Waals surface area contributed by atoms with E-state index in [0.29, 0.717) is 37.7 Å². The average Bonchev–Trinajstić information content (AvgIpc) is 2.73. The lowest BCUT2D eigenvalue weighted by Gasteiger charge is -2.26. The normalized spacial score (nSPS) is 14.5. The van der Waals surface area contributed by atoms with Gasteiger partial charge in [-0.2, -0.15) is 13.2 Å². The number of carbonyl (C=O) groups is 1. The van der Waals surface area contributed by atoms with Gasteiger partial charge in [-0.1, -0.05) is 34.8 Å². The number of carbonyl (C=O) groups excluding carboxylic acids is 1. The van der Waals surface area contributed by atoms with Crippen molar-refractivity contribution in [1.29, 1.82) is 0 Å². The second kappa shape index (κ2) is 9.28. The summed E-state index contributed by atoms with van der Waals surface area (Å²) in [6.07, 6.45) is -1.79. The highest BCUT2D eigenvalue weighted by Gasteiger charge is 2.33. The number of aromatic amines is 2. The minimum absolute atomic E-state index is 0.307. The lowest BCUT2D eigenvalue weighted by molar-refractivity contribution is -0.368. The topological polar surface area (TPSA) is 63.9 Å². The largest absolute Gasteiger partial charge is 0.419 e. The first kappa shape index (κ1) is 22.5. The van der Waals surface area contributed by atoms with Gasteiger partial charge in [-0.3, -0.25) is 14.6 Å². The third kappa shape index (κ3) is 5.47. The van der Waals surface area contributed by atoms with Crippen LogP contribution in [0.4, 0.5) is 30.5 Å². The van der Waals surface area contributed by atoms with Crippen LogP contribution < -0.4 is 25.1 Å². The number of amides is 1. The molecule has 1 aliphatic heterocycles. The molecule has 3 heterocycles. The molecule has 0 bridgehead atoms. The van der Waals surface area contributed by atoms with Crippen LogP contribution >= 0.6 is 34.8 Å². The monoisotopic (exact) mass is 481 g/mol. The average molecular weight is 483 g/mol. The summed E-state index contributed by atoms with van der Waals surface area (Å²) in [7, 11) is 0. The number of alkyl halides is 3. The van der Waals surface area contributed by atoms with Crippen LogP contribution in [0, 0.1) is 0 Å². The number of hydrogen-bond acceptors (Lipinski definition) is 3. The van der Waals surface area contributed by atoms with Gasteiger partial charge in [-0.05, 0) is 12.1 Å². The molecule has 3 N–H and O–H groups in total. The Bertz CT molecular complexity index is 924. The number of halogens is 6. The Kier molecular flexibility index (Phi) is 6.95. The van der Waals surface area contributed by atoms with Crippen molar-refractivity contribution in [3.8, 4) is 0 Å². The molecule has 2 aromatic heterocycles. The molecule has 12 heteroatoms. The summed E-state index contributed by atoms with van der Waals surface area (Å²) in [6.45, 7) is 2.58. The van der Waals surface area contributed by atoms with Crippen LogP contribution in [0.3, 0.4) is 0 Å². The predicted octanol–water partition coefficient (Wildman–Crippen LogP) is 3.48. The van der Waals surface area contributed by atoms with Crippen molar-refractivity contribution >= 4 is 58.0 Å². The second-order valence-corrected chi connectivity index (χ2v) is 7.75. The van der Waals surface area contributed by atoms with Crippen LogP contribution in [0.15, 0.2) is 46.2 Å². The van der Waals surface area contributed by atoms with Gasteiger partial charge in [0.25, 0.3) is 17.5 Å². The molecule has 3 rings (SSSR count). The highest BCUT2D eigenvalue weighted by molar-refractivity contribution is 6.63. The van der Waals surface area contributed by atoms with Gasteiger partial charge in [0.15, 0.2) is 0 Å². The third-order valence-electron chi connectivity index (χ3n) is 4.50. The van der Waals surface area contributed by atoms with Crippen molar-refractivity contribution < 1.29 is 27.9 Å². The first-order valence-electron chi connectivity index (χ1n) is 8.78. The Morgan fingerprint density at radius 2 is 1.43 bits per heavy atom. The number of hydrogen-bond donors (Lipinski definition) is 1. The number of H-pyrrole nitrogens is 2. The van der Waals surface area contributed by atoms with Crippen molar-refractivity contribution in [3.63, 3.8) is 0 Å². The van der Waals surface area contributed by atoms with Gasteiger partial charge in [0, 0.05) is 12.1 Å². The highest BCUT2D eigenvalue weighted by atomic mass is 35.5. The van der Waals surface area contributed by atoms with E-state index in [4.69, 9.17) is 34.8 Å². The van der Waals surface area contributed by atoms with Crippen LogP contribution in [0.5, 0.6) is 0 Å². The van der Waals surface area contributed by atoms with E-state index < -0.39 is 17.6 Å². The van der Waals surface area contributed by atoms with Crippen LogP contribution in [-0.2, 0) is 11.0 Å². The number of anilines is 3. The van der Waals surface area contributed by atoms with E-state index in [0.717, 1.165) is 18.1 Å². The summed E-state index contributed by atoms with van der Waals surface area (Å²) in [5.74, 6) is 0.841. The molecule has 0 radical (unpaired) electrons. The lowest BCUT2D eigenvalue weighted by atomic mass is 10.2. The third-order valence-corrected chi connectivity index (χ3v) is 5.44. The second-order valence-electron chi connectivity index (χ2n) is 6.43. The summed E-state index contributed by atoms with van der Waals surface area (Å²) in [6, 6.07) is 6.01. The van der Waals surface area contributed by atoms with Crippen molar-refractivity contribution in [2.24, 2.45) is 0 Å². The maximum Gasteiger partial charge on any atom is 0.419 e. The van der Waals surface area contributed by atoms with Crippen LogP contribution in [0.2, 0.25) is 0 Å². The van der Waals surface area contributed by atoms with Crippen molar-refractivity contribution in [1.82, 2.24) is 0 Å². The van der Waals surface area contributed by atoms with Gasteiger partial charge >= 0.3 is 6.18 Å². The molecule has 30 heavy (non-hydrogen) atoms. The number of piperazine rings is 1. The molecular weight excluding hydrogens is 466 g/mol. The number of rotatable bonds is 4.